The van der Waals surface area contributed by atoms with E-state index in [2.05, 4.69) is 29.5 Å². The second kappa shape index (κ2) is 6.80. The van der Waals surface area contributed by atoms with E-state index in [0.29, 0.717) is 5.75 Å². The summed E-state index contributed by atoms with van der Waals surface area (Å²) in [5.41, 5.74) is 0.949. The van der Waals surface area contributed by atoms with E-state index in [-0.39, 0.29) is 0 Å². The van der Waals surface area contributed by atoms with E-state index in [4.69, 9.17) is 4.74 Å². The third kappa shape index (κ3) is 4.13. The van der Waals surface area contributed by atoms with Gasteiger partial charge >= 0.3 is 0 Å². The van der Waals surface area contributed by atoms with E-state index < -0.39 is 0 Å². The molecule has 0 atom stereocenters. The second-order valence-electron chi connectivity index (χ2n) is 4.45. The molecule has 0 bridgehead atoms. The Kier molecular flexibility index (Phi) is 5.07. The first-order chi connectivity index (χ1) is 9.19. The molecule has 0 heterocycles. The SMILES string of the molecule is CCCCc1cc(Oc2ccc(I)cc2)ccc1O. The van der Waals surface area contributed by atoms with Crippen LogP contribution in [0.3, 0.4) is 0 Å². The Hall–Kier alpha value is -1.23. The zero-order valence-corrected chi connectivity index (χ0v) is 13.1. The number of ether oxygens (including phenoxy) is 1. The summed E-state index contributed by atoms with van der Waals surface area (Å²) in [6.07, 6.45) is 3.06. The maximum absolute atomic E-state index is 9.81. The average molecular weight is 368 g/mol. The first-order valence-corrected chi connectivity index (χ1v) is 7.52. The molecule has 0 aromatic heterocycles. The number of aryl methyl sites for hydroxylation is 1. The van der Waals surface area contributed by atoms with Crippen molar-refractivity contribution in [2.75, 3.05) is 0 Å². The minimum Gasteiger partial charge on any atom is -0.508 e. The van der Waals surface area contributed by atoms with Gasteiger partial charge in [-0.2, -0.15) is 0 Å². The van der Waals surface area contributed by atoms with E-state index in [1.165, 1.54) is 3.57 Å². The molecule has 2 aromatic rings. The molecule has 0 fully saturated rings. The number of halogens is 1. The van der Waals surface area contributed by atoms with Crippen molar-refractivity contribution >= 4 is 22.6 Å². The van der Waals surface area contributed by atoms with Crippen molar-refractivity contribution < 1.29 is 9.84 Å². The first kappa shape index (κ1) is 14.2. The van der Waals surface area contributed by atoms with Gasteiger partial charge in [0, 0.05) is 3.57 Å². The highest BCUT2D eigenvalue weighted by atomic mass is 127. The number of phenols is 1. The summed E-state index contributed by atoms with van der Waals surface area (Å²) < 4.78 is 6.97. The lowest BCUT2D eigenvalue weighted by atomic mass is 10.1. The topological polar surface area (TPSA) is 29.5 Å². The Labute approximate surface area is 127 Å². The fourth-order valence-electron chi connectivity index (χ4n) is 1.83. The van der Waals surface area contributed by atoms with Crippen molar-refractivity contribution in [2.45, 2.75) is 26.2 Å². The van der Waals surface area contributed by atoms with Crippen LogP contribution in [-0.2, 0) is 6.42 Å². The molecule has 0 aliphatic heterocycles. The number of benzene rings is 2. The number of aromatic hydroxyl groups is 1. The predicted octanol–water partition coefficient (Wildman–Crippen LogP) is 5.13. The molecular weight excluding hydrogens is 351 g/mol. The Morgan fingerprint density at radius 1 is 1.05 bits per heavy atom. The Bertz CT molecular complexity index is 535. The Morgan fingerprint density at radius 2 is 1.74 bits per heavy atom. The van der Waals surface area contributed by atoms with Gasteiger partial charge < -0.3 is 9.84 Å². The summed E-state index contributed by atoms with van der Waals surface area (Å²) in [6.45, 7) is 2.14. The molecule has 19 heavy (non-hydrogen) atoms. The van der Waals surface area contributed by atoms with E-state index >= 15 is 0 Å². The van der Waals surface area contributed by atoms with Crippen molar-refractivity contribution in [3.05, 3.63) is 51.6 Å². The lowest BCUT2D eigenvalue weighted by Gasteiger charge is -2.09. The average Bonchev–Trinajstić information content (AvgIpc) is 2.42. The van der Waals surface area contributed by atoms with Gasteiger partial charge in [-0.25, -0.2) is 0 Å². The maximum Gasteiger partial charge on any atom is 0.127 e. The second-order valence-corrected chi connectivity index (χ2v) is 5.70. The molecule has 0 saturated carbocycles. The lowest BCUT2D eigenvalue weighted by Crippen LogP contribution is -1.89. The number of unbranched alkanes of at least 4 members (excludes halogenated alkanes) is 1. The molecule has 0 spiro atoms. The quantitative estimate of drug-likeness (QED) is 0.742. The number of hydrogen-bond acceptors (Lipinski definition) is 2. The fourth-order valence-corrected chi connectivity index (χ4v) is 2.19. The highest BCUT2D eigenvalue weighted by Crippen LogP contribution is 2.28. The van der Waals surface area contributed by atoms with Gasteiger partial charge in [-0.05, 0) is 83.5 Å². The van der Waals surface area contributed by atoms with Crippen LogP contribution >= 0.6 is 22.6 Å². The van der Waals surface area contributed by atoms with Crippen LogP contribution in [0.2, 0.25) is 0 Å². The molecule has 0 aliphatic rings. The smallest absolute Gasteiger partial charge is 0.127 e. The van der Waals surface area contributed by atoms with E-state index in [9.17, 15) is 5.11 Å². The van der Waals surface area contributed by atoms with E-state index in [0.717, 1.165) is 36.3 Å². The molecule has 2 nitrogen and oxygen atoms in total. The highest BCUT2D eigenvalue weighted by molar-refractivity contribution is 14.1. The van der Waals surface area contributed by atoms with Crippen molar-refractivity contribution in [1.82, 2.24) is 0 Å². The molecule has 0 unspecified atom stereocenters. The standard InChI is InChI=1S/C16H17IO2/c1-2-3-4-12-11-15(9-10-16(12)18)19-14-7-5-13(17)6-8-14/h5-11,18H,2-4H2,1H3. The Morgan fingerprint density at radius 3 is 2.42 bits per heavy atom. The molecule has 2 aromatic carbocycles. The summed E-state index contributed by atoms with van der Waals surface area (Å²) in [5.74, 6) is 1.93. The summed E-state index contributed by atoms with van der Waals surface area (Å²) in [5, 5.41) is 9.81. The van der Waals surface area contributed by atoms with E-state index in [1.54, 1.807) is 12.1 Å². The minimum atomic E-state index is 0.350. The normalized spacial score (nSPS) is 10.4. The molecule has 0 radical (unpaired) electrons. The van der Waals surface area contributed by atoms with Crippen LogP contribution in [0.1, 0.15) is 25.3 Å². The molecule has 0 aliphatic carbocycles. The maximum atomic E-state index is 9.81. The highest BCUT2D eigenvalue weighted by Gasteiger charge is 2.04. The van der Waals surface area contributed by atoms with E-state index in [1.807, 2.05) is 30.3 Å². The van der Waals surface area contributed by atoms with Crippen LogP contribution in [0.4, 0.5) is 0 Å². The van der Waals surface area contributed by atoms with Gasteiger partial charge in [-0.1, -0.05) is 13.3 Å². The van der Waals surface area contributed by atoms with Crippen molar-refractivity contribution in [1.29, 1.82) is 0 Å². The van der Waals surface area contributed by atoms with Crippen molar-refractivity contribution in [3.8, 4) is 17.2 Å². The van der Waals surface area contributed by atoms with Crippen LogP contribution in [-0.4, -0.2) is 5.11 Å². The number of hydrogen-bond donors (Lipinski definition) is 1. The van der Waals surface area contributed by atoms with Gasteiger partial charge in [0.25, 0.3) is 0 Å². The van der Waals surface area contributed by atoms with Gasteiger partial charge in [0.2, 0.25) is 0 Å². The molecule has 0 amide bonds. The predicted molar refractivity (Wildman–Crippen MR) is 86.0 cm³/mol. The fraction of sp³-hybridized carbons (Fsp3) is 0.250. The zero-order valence-electron chi connectivity index (χ0n) is 10.9. The van der Waals surface area contributed by atoms with Gasteiger partial charge in [-0.15, -0.1) is 0 Å². The summed E-state index contributed by atoms with van der Waals surface area (Å²) in [7, 11) is 0. The van der Waals surface area contributed by atoms with Crippen LogP contribution in [0.5, 0.6) is 17.2 Å². The molecule has 100 valence electrons. The first-order valence-electron chi connectivity index (χ1n) is 6.44. The monoisotopic (exact) mass is 368 g/mol. The van der Waals surface area contributed by atoms with Crippen molar-refractivity contribution in [2.24, 2.45) is 0 Å². The van der Waals surface area contributed by atoms with Crippen LogP contribution in [0.25, 0.3) is 0 Å². The minimum absolute atomic E-state index is 0.350. The zero-order chi connectivity index (χ0) is 13.7. The summed E-state index contributed by atoms with van der Waals surface area (Å²) in [6, 6.07) is 13.3. The lowest BCUT2D eigenvalue weighted by molar-refractivity contribution is 0.456. The molecule has 3 heteroatoms. The largest absolute Gasteiger partial charge is 0.508 e. The third-order valence-corrected chi connectivity index (χ3v) is 3.62. The van der Waals surface area contributed by atoms with Gasteiger partial charge in [-0.3, -0.25) is 0 Å². The number of phenolic OH excluding ortho intramolecular Hbond substituents is 1. The van der Waals surface area contributed by atoms with Crippen LogP contribution in [0.15, 0.2) is 42.5 Å². The summed E-state index contributed by atoms with van der Waals surface area (Å²) in [4.78, 5) is 0. The molecule has 1 N–H and O–H groups in total. The summed E-state index contributed by atoms with van der Waals surface area (Å²) >= 11 is 2.26. The van der Waals surface area contributed by atoms with Gasteiger partial charge in [0.05, 0.1) is 0 Å². The Balaban J connectivity index is 2.14. The molecular formula is C16H17IO2. The van der Waals surface area contributed by atoms with Gasteiger partial charge in [0.1, 0.15) is 17.2 Å². The third-order valence-electron chi connectivity index (χ3n) is 2.90. The van der Waals surface area contributed by atoms with Crippen molar-refractivity contribution in [3.63, 3.8) is 0 Å². The molecule has 0 saturated heterocycles. The van der Waals surface area contributed by atoms with Gasteiger partial charge in [0.15, 0.2) is 0 Å². The molecule has 2 rings (SSSR count). The number of rotatable bonds is 5. The van der Waals surface area contributed by atoms with Crippen LogP contribution in [0, 0.1) is 3.57 Å². The van der Waals surface area contributed by atoms with Crippen LogP contribution < -0.4 is 4.74 Å².